The summed E-state index contributed by atoms with van der Waals surface area (Å²) in [5.74, 6) is 0.903. The zero-order valence-electron chi connectivity index (χ0n) is 13.7. The summed E-state index contributed by atoms with van der Waals surface area (Å²) in [6.07, 6.45) is 5.21. The molecule has 128 valence electrons. The van der Waals surface area contributed by atoms with Gasteiger partial charge in [0, 0.05) is 37.0 Å². The first-order valence-corrected chi connectivity index (χ1v) is 8.38. The molecule has 3 heterocycles. The van der Waals surface area contributed by atoms with Crippen LogP contribution in [0.25, 0.3) is 11.1 Å². The maximum Gasteiger partial charge on any atom is 0.340 e. The van der Waals surface area contributed by atoms with Crippen LogP contribution in [0.1, 0.15) is 34.9 Å². The van der Waals surface area contributed by atoms with E-state index in [0.717, 1.165) is 24.0 Å². The van der Waals surface area contributed by atoms with Gasteiger partial charge in [0.25, 0.3) is 5.91 Å². The quantitative estimate of drug-likeness (QED) is 0.683. The summed E-state index contributed by atoms with van der Waals surface area (Å²) in [5.41, 5.74) is 2.35. The maximum absolute atomic E-state index is 12.9. The highest BCUT2D eigenvalue weighted by molar-refractivity contribution is 6.00. The summed E-state index contributed by atoms with van der Waals surface area (Å²) in [7, 11) is 0. The van der Waals surface area contributed by atoms with Crippen LogP contribution in [0.4, 0.5) is 0 Å². The van der Waals surface area contributed by atoms with Crippen molar-refractivity contribution < 1.29 is 4.79 Å². The number of likely N-dealkylation sites (tertiary alicyclic amines) is 1. The molecule has 0 saturated carbocycles. The van der Waals surface area contributed by atoms with E-state index < -0.39 is 0 Å². The Balaban J connectivity index is 1.48. The van der Waals surface area contributed by atoms with Crippen molar-refractivity contribution in [2.75, 3.05) is 13.1 Å². The molecule has 0 spiro atoms. The number of nitrogens with one attached hydrogen (secondary N) is 3. The minimum atomic E-state index is -0.284. The summed E-state index contributed by atoms with van der Waals surface area (Å²) in [6, 6.07) is 9.89. The average molecular weight is 337 g/mol. The van der Waals surface area contributed by atoms with Gasteiger partial charge < -0.3 is 9.88 Å². The van der Waals surface area contributed by atoms with E-state index in [4.69, 9.17) is 0 Å². The second-order valence-corrected chi connectivity index (χ2v) is 6.28. The van der Waals surface area contributed by atoms with E-state index in [1.54, 1.807) is 6.20 Å². The summed E-state index contributed by atoms with van der Waals surface area (Å²) in [6.45, 7) is 1.30. The highest BCUT2D eigenvalue weighted by atomic mass is 16.2. The molecule has 1 aliphatic rings. The lowest BCUT2D eigenvalue weighted by Crippen LogP contribution is -2.38. The predicted octanol–water partition coefficient (Wildman–Crippen LogP) is 2.11. The Morgan fingerprint density at radius 2 is 1.88 bits per heavy atom. The van der Waals surface area contributed by atoms with Crippen molar-refractivity contribution in [1.29, 1.82) is 0 Å². The van der Waals surface area contributed by atoms with Crippen LogP contribution in [0.5, 0.6) is 0 Å². The molecule has 0 aliphatic carbocycles. The molecule has 2 aromatic heterocycles. The molecule has 3 aromatic rings. The number of hydrogen-bond donors (Lipinski definition) is 3. The second-order valence-electron chi connectivity index (χ2n) is 6.28. The van der Waals surface area contributed by atoms with E-state index >= 15 is 0 Å². The molecule has 1 aliphatic heterocycles. The normalized spacial score (nSPS) is 15.4. The van der Waals surface area contributed by atoms with Crippen LogP contribution in [0, 0.1) is 0 Å². The number of H-pyrrole nitrogens is 3. The van der Waals surface area contributed by atoms with Crippen LogP contribution in [0.2, 0.25) is 0 Å². The highest BCUT2D eigenvalue weighted by Gasteiger charge is 2.27. The first-order chi connectivity index (χ1) is 12.2. The van der Waals surface area contributed by atoms with Crippen molar-refractivity contribution in [3.63, 3.8) is 0 Å². The standard InChI is InChI=1S/C18H19N5O2/c24-17(15-11-19-10-14(15)12-4-2-1-3-5-12)23-8-6-13(7-9-23)16-20-18(25)22-21-16/h1-5,10-11,13,19H,6-9H2,(H2,20,21,22,25). The summed E-state index contributed by atoms with van der Waals surface area (Å²) in [5, 5.41) is 6.41. The van der Waals surface area contributed by atoms with Gasteiger partial charge in [0.05, 0.1) is 5.56 Å². The topological polar surface area (TPSA) is 97.6 Å². The lowest BCUT2D eigenvalue weighted by Gasteiger charge is -2.31. The van der Waals surface area contributed by atoms with E-state index in [9.17, 15) is 9.59 Å². The van der Waals surface area contributed by atoms with Crippen molar-refractivity contribution in [1.82, 2.24) is 25.1 Å². The van der Waals surface area contributed by atoms with E-state index in [0.29, 0.717) is 24.5 Å². The first-order valence-electron chi connectivity index (χ1n) is 8.38. The third-order valence-electron chi connectivity index (χ3n) is 4.75. The maximum atomic E-state index is 12.9. The monoisotopic (exact) mass is 337 g/mol. The fourth-order valence-electron chi connectivity index (χ4n) is 3.40. The fourth-order valence-corrected chi connectivity index (χ4v) is 3.40. The zero-order chi connectivity index (χ0) is 17.2. The molecule has 1 fully saturated rings. The third-order valence-corrected chi connectivity index (χ3v) is 4.75. The molecular weight excluding hydrogens is 318 g/mol. The van der Waals surface area contributed by atoms with Crippen LogP contribution in [-0.4, -0.2) is 44.1 Å². The van der Waals surface area contributed by atoms with E-state index in [1.165, 1.54) is 0 Å². The average Bonchev–Trinajstić information content (AvgIpc) is 3.31. The van der Waals surface area contributed by atoms with E-state index in [-0.39, 0.29) is 17.5 Å². The van der Waals surface area contributed by atoms with Crippen LogP contribution < -0.4 is 5.69 Å². The Hall–Kier alpha value is -3.09. The van der Waals surface area contributed by atoms with Crippen LogP contribution in [-0.2, 0) is 0 Å². The molecule has 7 nitrogen and oxygen atoms in total. The molecule has 4 rings (SSSR count). The smallest absolute Gasteiger partial charge is 0.340 e. The first kappa shape index (κ1) is 15.4. The van der Waals surface area contributed by atoms with Gasteiger partial charge in [-0.15, -0.1) is 0 Å². The van der Waals surface area contributed by atoms with Gasteiger partial charge in [-0.25, -0.2) is 9.89 Å². The van der Waals surface area contributed by atoms with Crippen molar-refractivity contribution in [2.45, 2.75) is 18.8 Å². The van der Waals surface area contributed by atoms with Crippen LogP contribution in [0.3, 0.4) is 0 Å². The number of benzene rings is 1. The molecule has 1 amide bonds. The molecule has 1 aromatic carbocycles. The number of amides is 1. The Morgan fingerprint density at radius 3 is 2.56 bits per heavy atom. The van der Waals surface area contributed by atoms with Gasteiger partial charge in [-0.3, -0.25) is 9.78 Å². The number of hydrogen-bond acceptors (Lipinski definition) is 3. The second kappa shape index (κ2) is 6.43. The van der Waals surface area contributed by atoms with Gasteiger partial charge in [-0.2, -0.15) is 5.10 Å². The summed E-state index contributed by atoms with van der Waals surface area (Å²) in [4.78, 5) is 31.8. The van der Waals surface area contributed by atoms with Crippen molar-refractivity contribution >= 4 is 5.91 Å². The molecule has 0 unspecified atom stereocenters. The van der Waals surface area contributed by atoms with Crippen molar-refractivity contribution in [2.24, 2.45) is 0 Å². The van der Waals surface area contributed by atoms with Gasteiger partial charge in [0.15, 0.2) is 0 Å². The molecule has 1 saturated heterocycles. The van der Waals surface area contributed by atoms with Crippen molar-refractivity contribution in [3.05, 3.63) is 64.6 Å². The Labute approximate surface area is 144 Å². The lowest BCUT2D eigenvalue weighted by atomic mass is 9.95. The molecule has 3 N–H and O–H groups in total. The van der Waals surface area contributed by atoms with Gasteiger partial charge in [-0.1, -0.05) is 30.3 Å². The van der Waals surface area contributed by atoms with E-state index in [1.807, 2.05) is 41.4 Å². The Bertz CT molecular complexity index is 916. The third kappa shape index (κ3) is 3.00. The fraction of sp³-hybridized carbons (Fsp3) is 0.278. The lowest BCUT2D eigenvalue weighted by molar-refractivity contribution is 0.0712. The van der Waals surface area contributed by atoms with Gasteiger partial charge >= 0.3 is 5.69 Å². The molecule has 0 radical (unpaired) electrons. The number of carbonyl (C=O) groups is 1. The van der Waals surface area contributed by atoms with E-state index in [2.05, 4.69) is 20.2 Å². The molecular formula is C18H19N5O2. The van der Waals surface area contributed by atoms with Gasteiger partial charge in [-0.05, 0) is 18.4 Å². The number of aromatic amines is 3. The molecule has 0 atom stereocenters. The van der Waals surface area contributed by atoms with Gasteiger partial charge in [0.2, 0.25) is 0 Å². The largest absolute Gasteiger partial charge is 0.366 e. The number of carbonyl (C=O) groups excluding carboxylic acids is 1. The van der Waals surface area contributed by atoms with Crippen LogP contribution >= 0.6 is 0 Å². The molecule has 25 heavy (non-hydrogen) atoms. The Morgan fingerprint density at radius 1 is 1.12 bits per heavy atom. The van der Waals surface area contributed by atoms with Crippen molar-refractivity contribution in [3.8, 4) is 11.1 Å². The zero-order valence-corrected chi connectivity index (χ0v) is 13.7. The predicted molar refractivity (Wildman–Crippen MR) is 93.3 cm³/mol. The minimum Gasteiger partial charge on any atom is -0.366 e. The Kier molecular flexibility index (Phi) is 3.97. The number of aromatic nitrogens is 4. The summed E-state index contributed by atoms with van der Waals surface area (Å²) >= 11 is 0. The van der Waals surface area contributed by atoms with Crippen LogP contribution in [0.15, 0.2) is 47.5 Å². The number of rotatable bonds is 3. The van der Waals surface area contributed by atoms with Gasteiger partial charge in [0.1, 0.15) is 5.82 Å². The SMILES string of the molecule is O=C(c1c[nH]cc1-c1ccccc1)N1CCC(c2n[nH]c(=O)[nH]2)CC1. The number of nitrogens with zero attached hydrogens (tertiary/aromatic N) is 2. The number of piperidine rings is 1. The molecule has 7 heteroatoms. The minimum absolute atomic E-state index is 0.0362. The highest BCUT2D eigenvalue weighted by Crippen LogP contribution is 2.28. The summed E-state index contributed by atoms with van der Waals surface area (Å²) < 4.78 is 0. The molecule has 0 bridgehead atoms.